The second kappa shape index (κ2) is 17.3. The number of fused-ring (bicyclic) bond motifs is 14. The van der Waals surface area contributed by atoms with E-state index in [-0.39, 0.29) is 0 Å². The molecule has 0 unspecified atom stereocenters. The summed E-state index contributed by atoms with van der Waals surface area (Å²) < 4.78 is 16.0. The Bertz CT molecular complexity index is 4780. The average molecular weight is 1020 g/mol. The summed E-state index contributed by atoms with van der Waals surface area (Å²) >= 11 is 0. The second-order valence-corrected chi connectivity index (χ2v) is 22.1. The van der Waals surface area contributed by atoms with Crippen molar-refractivity contribution in [1.82, 2.24) is 4.40 Å². The minimum atomic E-state index is 0.416. The summed E-state index contributed by atoms with van der Waals surface area (Å²) in [6.07, 6.45) is 0. The molecule has 0 fully saturated rings. The van der Waals surface area contributed by atoms with Crippen molar-refractivity contribution in [3.63, 3.8) is 0 Å². The van der Waals surface area contributed by atoms with Gasteiger partial charge in [-0.2, -0.15) is 0 Å². The van der Waals surface area contributed by atoms with Gasteiger partial charge in [0.1, 0.15) is 11.2 Å². The lowest BCUT2D eigenvalue weighted by molar-refractivity contribution is 0.668. The van der Waals surface area contributed by atoms with Crippen molar-refractivity contribution in [3.05, 3.63) is 248 Å². The third kappa shape index (κ3) is 7.02. The van der Waals surface area contributed by atoms with Gasteiger partial charge in [-0.15, -0.1) is 0 Å². The molecular weight excluding hydrogens is 963 g/mol. The predicted molar refractivity (Wildman–Crippen MR) is 334 cm³/mol. The van der Waals surface area contributed by atoms with E-state index in [1.54, 1.807) is 0 Å². The summed E-state index contributed by atoms with van der Waals surface area (Å²) in [5, 5.41) is 14.1. The highest BCUT2D eigenvalue weighted by Gasteiger charge is 2.25. The normalized spacial score (nSPS) is 12.3. The van der Waals surface area contributed by atoms with E-state index in [9.17, 15) is 0 Å². The van der Waals surface area contributed by atoms with Gasteiger partial charge in [-0.3, -0.25) is 0 Å². The van der Waals surface area contributed by atoms with Crippen molar-refractivity contribution in [1.29, 1.82) is 0 Å². The summed E-state index contributed by atoms with van der Waals surface area (Å²) in [4.78, 5) is 4.73. The summed E-state index contributed by atoms with van der Waals surface area (Å²) in [5.41, 5.74) is 18.4. The lowest BCUT2D eigenvalue weighted by Gasteiger charge is -2.26. The van der Waals surface area contributed by atoms with Gasteiger partial charge in [-0.05, 0) is 165 Å². The summed E-state index contributed by atoms with van der Waals surface area (Å²) in [6.45, 7) is 9.00. The van der Waals surface area contributed by atoms with Gasteiger partial charge in [0.15, 0.2) is 11.2 Å². The maximum absolute atomic E-state index is 6.74. The summed E-state index contributed by atoms with van der Waals surface area (Å²) in [5.74, 6) is 0.832. The molecule has 376 valence electrons. The van der Waals surface area contributed by atoms with Gasteiger partial charge in [-0.1, -0.05) is 155 Å². The van der Waals surface area contributed by atoms with Crippen LogP contribution in [0.2, 0.25) is 0 Å². The van der Waals surface area contributed by atoms with Crippen LogP contribution in [0.15, 0.2) is 245 Å². The van der Waals surface area contributed by atoms with Crippen LogP contribution in [0.5, 0.6) is 0 Å². The van der Waals surface area contributed by atoms with Crippen molar-refractivity contribution in [3.8, 4) is 11.1 Å². The smallest absolute Gasteiger partial charge is 0.159 e. The van der Waals surface area contributed by atoms with Crippen LogP contribution in [-0.4, -0.2) is 4.40 Å². The fourth-order valence-corrected chi connectivity index (χ4v) is 12.8. The fraction of sp³-hybridized carbons (Fsp3) is 0.0811. The van der Waals surface area contributed by atoms with E-state index in [0.29, 0.717) is 11.8 Å². The standard InChI is InChI=1S/C74H53N3O2/c1-44(2)46-24-30-54(31-25-46)75(66-20-12-18-60-58-16-8-10-22-70(58)78-73(60)66)56-34-28-49-38-62-64-40-53(48-14-6-5-7-15-48)41-65-63-39-50-29-35-57(37-52(50)43-69(63)77(72(64)65)68(62)42-51(49)36-56)76(55-32-26-47(27-33-55)45(3)4)67-21-13-19-61-59-17-9-11-23-71(59)79-74(61)67/h5-45H,1-4H3. The zero-order valence-electron chi connectivity index (χ0n) is 44.3. The lowest BCUT2D eigenvalue weighted by atomic mass is 9.97. The largest absolute Gasteiger partial charge is 0.454 e. The van der Waals surface area contributed by atoms with Gasteiger partial charge in [0, 0.05) is 65.8 Å². The molecule has 16 aromatic rings. The molecule has 0 saturated carbocycles. The Labute approximate surface area is 456 Å². The first-order valence-corrected chi connectivity index (χ1v) is 27.6. The number of anilines is 6. The minimum Gasteiger partial charge on any atom is -0.454 e. The first-order valence-electron chi connectivity index (χ1n) is 27.6. The quantitative estimate of drug-likeness (QED) is 0.144. The molecule has 4 aromatic heterocycles. The van der Waals surface area contributed by atoms with Gasteiger partial charge < -0.3 is 23.0 Å². The van der Waals surface area contributed by atoms with Gasteiger partial charge in [0.05, 0.1) is 27.9 Å². The van der Waals surface area contributed by atoms with Crippen LogP contribution in [0, 0.1) is 0 Å². The molecule has 0 aliphatic heterocycles. The topological polar surface area (TPSA) is 37.2 Å². The van der Waals surface area contributed by atoms with E-state index in [1.165, 1.54) is 71.1 Å². The number of furan rings is 2. The van der Waals surface area contributed by atoms with E-state index in [0.717, 1.165) is 88.8 Å². The Kier molecular flexibility index (Phi) is 9.96. The van der Waals surface area contributed by atoms with E-state index in [1.807, 2.05) is 12.1 Å². The number of benzene rings is 12. The Hall–Kier alpha value is -9.84. The Morgan fingerprint density at radius 2 is 0.747 bits per heavy atom. The molecule has 0 N–H and O–H groups in total. The number of rotatable bonds is 9. The number of para-hydroxylation sites is 4. The number of nitrogens with zero attached hydrogens (tertiary/aromatic N) is 3. The van der Waals surface area contributed by atoms with Crippen LogP contribution in [0.25, 0.3) is 115 Å². The van der Waals surface area contributed by atoms with Crippen LogP contribution in [0.3, 0.4) is 0 Å². The molecule has 12 aromatic carbocycles. The SMILES string of the molecule is CC(C)c1ccc(N(c2ccc3cc4c5cc(-c6ccccc6)cc6c7cc8ccc(N(c9ccc(C(C)C)cc9)c9cccc%10c9oc9ccccc9%10)cc8cc7n(c4cc3c2)c56)c2cccc3c2oc2ccccc23)cc1. The molecule has 16 rings (SSSR count). The highest BCUT2D eigenvalue weighted by Crippen LogP contribution is 2.48. The van der Waals surface area contributed by atoms with E-state index >= 15 is 0 Å². The van der Waals surface area contributed by atoms with Gasteiger partial charge in [0.2, 0.25) is 0 Å². The molecule has 0 amide bonds. The van der Waals surface area contributed by atoms with Crippen LogP contribution in [0.1, 0.15) is 50.7 Å². The second-order valence-electron chi connectivity index (χ2n) is 22.1. The maximum Gasteiger partial charge on any atom is 0.159 e. The first kappa shape index (κ1) is 45.4. The van der Waals surface area contributed by atoms with Crippen LogP contribution >= 0.6 is 0 Å². The fourth-order valence-electron chi connectivity index (χ4n) is 12.8. The highest BCUT2D eigenvalue weighted by atomic mass is 16.3. The van der Waals surface area contributed by atoms with Crippen LogP contribution < -0.4 is 9.80 Å². The van der Waals surface area contributed by atoms with Crippen molar-refractivity contribution < 1.29 is 8.83 Å². The van der Waals surface area contributed by atoms with Gasteiger partial charge in [0.25, 0.3) is 0 Å². The number of aromatic nitrogens is 1. The molecule has 0 radical (unpaired) electrons. The zero-order valence-corrected chi connectivity index (χ0v) is 44.3. The maximum atomic E-state index is 6.74. The summed E-state index contributed by atoms with van der Waals surface area (Å²) in [6, 6.07) is 87.0. The third-order valence-corrected chi connectivity index (χ3v) is 16.8. The van der Waals surface area contributed by atoms with Gasteiger partial charge >= 0.3 is 0 Å². The monoisotopic (exact) mass is 1020 g/mol. The van der Waals surface area contributed by atoms with E-state index in [2.05, 4.69) is 266 Å². The molecule has 4 heterocycles. The number of hydrogen-bond donors (Lipinski definition) is 0. The first-order chi connectivity index (χ1) is 38.8. The molecular formula is C74H53N3O2. The van der Waals surface area contributed by atoms with Crippen molar-refractivity contribution in [2.75, 3.05) is 9.80 Å². The Morgan fingerprint density at radius 1 is 0.316 bits per heavy atom. The van der Waals surface area contributed by atoms with Crippen molar-refractivity contribution in [2.24, 2.45) is 0 Å². The molecule has 5 nitrogen and oxygen atoms in total. The van der Waals surface area contributed by atoms with Gasteiger partial charge in [-0.25, -0.2) is 0 Å². The zero-order chi connectivity index (χ0) is 52.6. The van der Waals surface area contributed by atoms with E-state index < -0.39 is 0 Å². The predicted octanol–water partition coefficient (Wildman–Crippen LogP) is 21.8. The molecule has 79 heavy (non-hydrogen) atoms. The minimum absolute atomic E-state index is 0.416. The molecule has 5 heteroatoms. The highest BCUT2D eigenvalue weighted by molar-refractivity contribution is 6.27. The number of hydrogen-bond acceptors (Lipinski definition) is 4. The molecule has 0 saturated heterocycles. The average Bonchev–Trinajstić information content (AvgIpc) is 4.44. The Morgan fingerprint density at radius 3 is 1.22 bits per heavy atom. The van der Waals surface area contributed by atoms with Crippen molar-refractivity contribution >= 4 is 138 Å². The summed E-state index contributed by atoms with van der Waals surface area (Å²) in [7, 11) is 0. The molecule has 0 aliphatic rings. The van der Waals surface area contributed by atoms with E-state index in [4.69, 9.17) is 8.83 Å². The Balaban J connectivity index is 0.924. The third-order valence-electron chi connectivity index (χ3n) is 16.8. The molecule has 0 atom stereocenters. The molecule has 0 aliphatic carbocycles. The molecule has 0 spiro atoms. The van der Waals surface area contributed by atoms with Crippen LogP contribution in [0.4, 0.5) is 34.1 Å². The van der Waals surface area contributed by atoms with Crippen molar-refractivity contribution in [2.45, 2.75) is 39.5 Å². The molecule has 0 bridgehead atoms. The van der Waals surface area contributed by atoms with Crippen LogP contribution in [-0.2, 0) is 0 Å². The lowest BCUT2D eigenvalue weighted by Crippen LogP contribution is -2.10.